The average Bonchev–Trinajstić information content (AvgIpc) is 2.76. The van der Waals surface area contributed by atoms with Crippen LogP contribution in [0.2, 0.25) is 0 Å². The first kappa shape index (κ1) is 12.3. The molecule has 2 N–H and O–H groups in total. The van der Waals surface area contributed by atoms with Gasteiger partial charge in [-0.2, -0.15) is 4.31 Å². The zero-order valence-electron chi connectivity index (χ0n) is 9.67. The van der Waals surface area contributed by atoms with Gasteiger partial charge in [-0.3, -0.25) is 0 Å². The molecule has 0 bridgehead atoms. The van der Waals surface area contributed by atoms with E-state index in [0.717, 1.165) is 0 Å². The van der Waals surface area contributed by atoms with Crippen molar-refractivity contribution in [3.63, 3.8) is 0 Å². The smallest absolute Gasteiger partial charge is 0.246 e. The van der Waals surface area contributed by atoms with Gasteiger partial charge in [-0.25, -0.2) is 8.42 Å². The van der Waals surface area contributed by atoms with Crippen molar-refractivity contribution >= 4 is 10.0 Å². The second-order valence-electron chi connectivity index (χ2n) is 4.06. The highest BCUT2D eigenvalue weighted by atomic mass is 32.2. The van der Waals surface area contributed by atoms with E-state index in [1.807, 2.05) is 0 Å². The van der Waals surface area contributed by atoms with Gasteiger partial charge >= 0.3 is 0 Å². The molecule has 0 unspecified atom stereocenters. The number of hydrogen-bond acceptors (Lipinski definition) is 4. The third kappa shape index (κ3) is 2.29. The van der Waals surface area contributed by atoms with Crippen LogP contribution >= 0.6 is 0 Å². The lowest BCUT2D eigenvalue weighted by atomic mass is 10.3. The summed E-state index contributed by atoms with van der Waals surface area (Å²) in [6.45, 7) is 0.849. The number of nitrogens with zero attached hydrogens (tertiary/aromatic N) is 1. The number of hydrogen-bond donors (Lipinski definition) is 1. The summed E-state index contributed by atoms with van der Waals surface area (Å²) in [5.41, 5.74) is 5.73. The highest BCUT2D eigenvalue weighted by Crippen LogP contribution is 2.27. The van der Waals surface area contributed by atoms with E-state index in [2.05, 4.69) is 0 Å². The maximum Gasteiger partial charge on any atom is 0.246 e. The molecule has 1 aromatic rings. The van der Waals surface area contributed by atoms with Crippen molar-refractivity contribution < 1.29 is 13.2 Å². The van der Waals surface area contributed by atoms with E-state index in [4.69, 9.17) is 10.5 Å². The molecule has 5 nitrogen and oxygen atoms in total. The molecular formula is C11H16N2O3S. The predicted molar refractivity (Wildman–Crippen MR) is 64.3 cm³/mol. The Balaban J connectivity index is 2.38. The van der Waals surface area contributed by atoms with Crippen molar-refractivity contribution in [2.75, 3.05) is 20.2 Å². The fourth-order valence-electron chi connectivity index (χ4n) is 1.94. The van der Waals surface area contributed by atoms with E-state index >= 15 is 0 Å². The Kier molecular flexibility index (Phi) is 3.37. The lowest BCUT2D eigenvalue weighted by molar-refractivity contribution is 0.398. The van der Waals surface area contributed by atoms with Gasteiger partial charge in [-0.05, 0) is 18.6 Å². The Morgan fingerprint density at radius 3 is 2.71 bits per heavy atom. The van der Waals surface area contributed by atoms with Gasteiger partial charge in [0.1, 0.15) is 10.6 Å². The average molecular weight is 256 g/mol. The summed E-state index contributed by atoms with van der Waals surface area (Å²) in [7, 11) is -2.02. The first-order chi connectivity index (χ1) is 8.05. The molecule has 6 heteroatoms. The van der Waals surface area contributed by atoms with Gasteiger partial charge in [0.2, 0.25) is 10.0 Å². The molecule has 0 aliphatic carbocycles. The molecule has 1 aliphatic rings. The lowest BCUT2D eigenvalue weighted by Crippen LogP contribution is -2.32. The molecule has 1 atom stereocenters. The lowest BCUT2D eigenvalue weighted by Gasteiger charge is -2.17. The number of methoxy groups -OCH3 is 1. The molecule has 1 heterocycles. The monoisotopic (exact) mass is 256 g/mol. The fourth-order valence-corrected chi connectivity index (χ4v) is 3.61. The third-order valence-corrected chi connectivity index (χ3v) is 4.78. The number of benzene rings is 1. The minimum atomic E-state index is -3.49. The van der Waals surface area contributed by atoms with Crippen molar-refractivity contribution in [2.24, 2.45) is 5.73 Å². The first-order valence-corrected chi connectivity index (χ1v) is 6.88. The van der Waals surface area contributed by atoms with Crippen LogP contribution < -0.4 is 10.5 Å². The number of nitrogens with two attached hydrogens (primary N) is 1. The van der Waals surface area contributed by atoms with E-state index in [1.165, 1.54) is 11.4 Å². The van der Waals surface area contributed by atoms with E-state index in [-0.39, 0.29) is 10.9 Å². The summed E-state index contributed by atoms with van der Waals surface area (Å²) < 4.78 is 31.2. The van der Waals surface area contributed by atoms with Crippen molar-refractivity contribution in [2.45, 2.75) is 17.4 Å². The number of para-hydroxylation sites is 1. The van der Waals surface area contributed by atoms with Crippen molar-refractivity contribution in [1.29, 1.82) is 0 Å². The Morgan fingerprint density at radius 2 is 2.12 bits per heavy atom. The van der Waals surface area contributed by atoms with Crippen LogP contribution in [-0.4, -0.2) is 39.0 Å². The predicted octanol–water partition coefficient (Wildman–Crippen LogP) is 0.417. The molecule has 1 saturated heterocycles. The van der Waals surface area contributed by atoms with Crippen molar-refractivity contribution in [1.82, 2.24) is 4.31 Å². The van der Waals surface area contributed by atoms with Crippen molar-refractivity contribution in [3.05, 3.63) is 24.3 Å². The number of ether oxygens (including phenoxy) is 1. The van der Waals surface area contributed by atoms with Crippen LogP contribution in [0.15, 0.2) is 29.2 Å². The SMILES string of the molecule is COc1ccccc1S(=O)(=O)N1CC[C@H](N)C1. The van der Waals surface area contributed by atoms with Crippen LogP contribution in [0.4, 0.5) is 0 Å². The summed E-state index contributed by atoms with van der Waals surface area (Å²) in [5.74, 6) is 0.368. The summed E-state index contributed by atoms with van der Waals surface area (Å²) in [4.78, 5) is 0.205. The van der Waals surface area contributed by atoms with Crippen LogP contribution in [0.25, 0.3) is 0 Å². The number of sulfonamides is 1. The van der Waals surface area contributed by atoms with Crippen molar-refractivity contribution in [3.8, 4) is 5.75 Å². The molecule has 0 spiro atoms. The van der Waals surface area contributed by atoms with E-state index in [9.17, 15) is 8.42 Å². The first-order valence-electron chi connectivity index (χ1n) is 5.44. The van der Waals surface area contributed by atoms with Crippen LogP contribution in [0.5, 0.6) is 5.75 Å². The number of rotatable bonds is 3. The molecule has 2 rings (SSSR count). The molecule has 1 fully saturated rings. The van der Waals surface area contributed by atoms with Gasteiger partial charge < -0.3 is 10.5 Å². The van der Waals surface area contributed by atoms with Crippen LogP contribution in [0.1, 0.15) is 6.42 Å². The third-order valence-electron chi connectivity index (χ3n) is 2.87. The molecule has 94 valence electrons. The Hall–Kier alpha value is -1.11. The Bertz CT molecular complexity index is 501. The van der Waals surface area contributed by atoms with Gasteiger partial charge in [0.25, 0.3) is 0 Å². The quantitative estimate of drug-likeness (QED) is 0.850. The standard InChI is InChI=1S/C11H16N2O3S/c1-16-10-4-2-3-5-11(10)17(14,15)13-7-6-9(12)8-13/h2-5,9H,6-8,12H2,1H3/t9-/m0/s1. The molecule has 0 radical (unpaired) electrons. The van der Waals surface area contributed by atoms with Gasteiger partial charge in [0.05, 0.1) is 7.11 Å². The zero-order chi connectivity index (χ0) is 12.5. The minimum Gasteiger partial charge on any atom is -0.495 e. The van der Waals surface area contributed by atoms with Gasteiger partial charge in [-0.15, -0.1) is 0 Å². The van der Waals surface area contributed by atoms with E-state index in [0.29, 0.717) is 25.3 Å². The molecular weight excluding hydrogens is 240 g/mol. The summed E-state index contributed by atoms with van der Waals surface area (Å²) >= 11 is 0. The highest BCUT2D eigenvalue weighted by Gasteiger charge is 2.32. The van der Waals surface area contributed by atoms with Gasteiger partial charge in [0, 0.05) is 19.1 Å². The molecule has 0 saturated carbocycles. The highest BCUT2D eigenvalue weighted by molar-refractivity contribution is 7.89. The summed E-state index contributed by atoms with van der Waals surface area (Å²) in [6, 6.07) is 6.55. The van der Waals surface area contributed by atoms with Crippen LogP contribution in [-0.2, 0) is 10.0 Å². The largest absolute Gasteiger partial charge is 0.495 e. The minimum absolute atomic E-state index is 0.0699. The maximum absolute atomic E-state index is 12.4. The summed E-state index contributed by atoms with van der Waals surface area (Å²) in [5, 5.41) is 0. The molecule has 1 aliphatic heterocycles. The van der Waals surface area contributed by atoms with E-state index in [1.54, 1.807) is 24.3 Å². The maximum atomic E-state index is 12.4. The second-order valence-corrected chi connectivity index (χ2v) is 5.97. The van der Waals surface area contributed by atoms with Crippen LogP contribution in [0.3, 0.4) is 0 Å². The Morgan fingerprint density at radius 1 is 1.41 bits per heavy atom. The van der Waals surface area contributed by atoms with E-state index < -0.39 is 10.0 Å². The topological polar surface area (TPSA) is 72.6 Å². The second kappa shape index (κ2) is 4.64. The summed E-state index contributed by atoms with van der Waals surface area (Å²) in [6.07, 6.45) is 0.703. The normalized spacial score (nSPS) is 21.6. The molecule has 0 amide bonds. The Labute approximate surface area is 101 Å². The fraction of sp³-hybridized carbons (Fsp3) is 0.455. The van der Waals surface area contributed by atoms with Gasteiger partial charge in [-0.1, -0.05) is 12.1 Å². The van der Waals surface area contributed by atoms with Gasteiger partial charge in [0.15, 0.2) is 0 Å². The molecule has 17 heavy (non-hydrogen) atoms. The zero-order valence-corrected chi connectivity index (χ0v) is 10.5. The molecule has 1 aromatic carbocycles. The van der Waals surface area contributed by atoms with Crippen LogP contribution in [0, 0.1) is 0 Å². The molecule has 0 aromatic heterocycles.